The first-order chi connectivity index (χ1) is 11.2. The molecule has 1 aliphatic rings. The number of rotatable bonds is 7. The first-order valence-corrected chi connectivity index (χ1v) is 8.32. The molecule has 0 bridgehead atoms. The van der Waals surface area contributed by atoms with Gasteiger partial charge in [0.2, 0.25) is 0 Å². The standard InChI is InChI=1S/C17H25ClN4O/c1-2-3-13-23-14-8-20-17(19)22-11-9-21(10-12-22)16-6-4-15(18)5-7-16/h2,4-7H,1,3,8-14H2,(H2,19,20). The number of piperazine rings is 1. The average Bonchev–Trinajstić information content (AvgIpc) is 2.58. The van der Waals surface area contributed by atoms with Gasteiger partial charge in [-0.05, 0) is 30.7 Å². The molecule has 0 spiro atoms. The molecule has 1 aromatic rings. The average molecular weight is 337 g/mol. The van der Waals surface area contributed by atoms with Gasteiger partial charge in [0.05, 0.1) is 19.8 Å². The van der Waals surface area contributed by atoms with Gasteiger partial charge in [-0.15, -0.1) is 6.58 Å². The summed E-state index contributed by atoms with van der Waals surface area (Å²) in [5, 5.41) is 0.763. The largest absolute Gasteiger partial charge is 0.379 e. The van der Waals surface area contributed by atoms with Crippen molar-refractivity contribution < 1.29 is 4.74 Å². The van der Waals surface area contributed by atoms with Gasteiger partial charge in [-0.25, -0.2) is 0 Å². The van der Waals surface area contributed by atoms with Crippen molar-refractivity contribution in [3.8, 4) is 0 Å². The van der Waals surface area contributed by atoms with Gasteiger partial charge in [0.15, 0.2) is 5.96 Å². The number of guanidine groups is 1. The lowest BCUT2D eigenvalue weighted by Crippen LogP contribution is -2.51. The molecule has 0 aliphatic carbocycles. The molecule has 0 atom stereocenters. The zero-order valence-electron chi connectivity index (χ0n) is 13.5. The number of hydrogen-bond donors (Lipinski definition) is 1. The highest BCUT2D eigenvalue weighted by Crippen LogP contribution is 2.19. The van der Waals surface area contributed by atoms with E-state index in [1.807, 2.05) is 18.2 Å². The van der Waals surface area contributed by atoms with E-state index in [2.05, 4.69) is 33.5 Å². The molecule has 126 valence electrons. The predicted octanol–water partition coefficient (Wildman–Crippen LogP) is 2.37. The molecule has 1 heterocycles. The second-order valence-corrected chi connectivity index (χ2v) is 5.82. The van der Waals surface area contributed by atoms with Crippen LogP contribution in [0.3, 0.4) is 0 Å². The van der Waals surface area contributed by atoms with Crippen molar-refractivity contribution in [2.75, 3.05) is 50.8 Å². The van der Waals surface area contributed by atoms with Crippen LogP contribution < -0.4 is 10.6 Å². The number of benzene rings is 1. The number of ether oxygens (including phenoxy) is 1. The third kappa shape index (κ3) is 5.77. The van der Waals surface area contributed by atoms with Crippen molar-refractivity contribution in [1.82, 2.24) is 4.90 Å². The molecule has 0 amide bonds. The van der Waals surface area contributed by atoms with Gasteiger partial charge in [-0.2, -0.15) is 0 Å². The van der Waals surface area contributed by atoms with Crippen molar-refractivity contribution >= 4 is 23.2 Å². The molecule has 0 saturated carbocycles. The van der Waals surface area contributed by atoms with Gasteiger partial charge < -0.3 is 20.3 Å². The van der Waals surface area contributed by atoms with E-state index in [9.17, 15) is 0 Å². The minimum Gasteiger partial charge on any atom is -0.379 e. The minimum atomic E-state index is 0.597. The minimum absolute atomic E-state index is 0.597. The maximum absolute atomic E-state index is 6.06. The summed E-state index contributed by atoms with van der Waals surface area (Å²) in [5.74, 6) is 0.605. The van der Waals surface area contributed by atoms with Crippen LogP contribution in [-0.4, -0.2) is 56.8 Å². The van der Waals surface area contributed by atoms with E-state index in [0.717, 1.165) is 37.6 Å². The van der Waals surface area contributed by atoms with Gasteiger partial charge in [0.25, 0.3) is 0 Å². The van der Waals surface area contributed by atoms with Crippen LogP contribution in [0.1, 0.15) is 6.42 Å². The normalized spacial score (nSPS) is 15.8. The van der Waals surface area contributed by atoms with Gasteiger partial charge in [-0.1, -0.05) is 17.7 Å². The van der Waals surface area contributed by atoms with E-state index in [4.69, 9.17) is 22.1 Å². The lowest BCUT2D eigenvalue weighted by molar-refractivity contribution is 0.146. The summed E-state index contributed by atoms with van der Waals surface area (Å²) in [4.78, 5) is 8.84. The third-order valence-electron chi connectivity index (χ3n) is 3.77. The Hall–Kier alpha value is -1.72. The van der Waals surface area contributed by atoms with Crippen LogP contribution in [-0.2, 0) is 4.74 Å². The highest BCUT2D eigenvalue weighted by molar-refractivity contribution is 6.30. The Labute approximate surface area is 143 Å². The molecule has 5 nitrogen and oxygen atoms in total. The number of nitrogens with two attached hydrogens (primary N) is 1. The van der Waals surface area contributed by atoms with Crippen molar-refractivity contribution in [2.24, 2.45) is 10.7 Å². The number of anilines is 1. The van der Waals surface area contributed by atoms with E-state index in [1.54, 1.807) is 0 Å². The Morgan fingerprint density at radius 3 is 2.57 bits per heavy atom. The molecule has 2 rings (SSSR count). The van der Waals surface area contributed by atoms with Crippen LogP contribution in [0.25, 0.3) is 0 Å². The summed E-state index contributed by atoms with van der Waals surface area (Å²) < 4.78 is 5.42. The zero-order chi connectivity index (χ0) is 16.5. The lowest BCUT2D eigenvalue weighted by atomic mass is 10.2. The fraction of sp³-hybridized carbons (Fsp3) is 0.471. The van der Waals surface area contributed by atoms with Crippen LogP contribution in [0, 0.1) is 0 Å². The van der Waals surface area contributed by atoms with Crippen molar-refractivity contribution in [3.63, 3.8) is 0 Å². The molecule has 1 fully saturated rings. The Bertz CT molecular complexity index is 510. The highest BCUT2D eigenvalue weighted by Gasteiger charge is 2.18. The van der Waals surface area contributed by atoms with Crippen LogP contribution in [0.2, 0.25) is 5.02 Å². The van der Waals surface area contributed by atoms with E-state index in [1.165, 1.54) is 5.69 Å². The molecule has 23 heavy (non-hydrogen) atoms. The van der Waals surface area contributed by atoms with Crippen LogP contribution in [0.4, 0.5) is 5.69 Å². The molecule has 2 N–H and O–H groups in total. The summed E-state index contributed by atoms with van der Waals surface area (Å²) in [6, 6.07) is 7.95. The van der Waals surface area contributed by atoms with Crippen LogP contribution in [0.15, 0.2) is 41.9 Å². The van der Waals surface area contributed by atoms with Crippen molar-refractivity contribution in [2.45, 2.75) is 6.42 Å². The van der Waals surface area contributed by atoms with Crippen molar-refractivity contribution in [1.29, 1.82) is 0 Å². The fourth-order valence-electron chi connectivity index (χ4n) is 2.44. The van der Waals surface area contributed by atoms with Gasteiger partial charge >= 0.3 is 0 Å². The predicted molar refractivity (Wildman–Crippen MR) is 97.4 cm³/mol. The molecule has 0 radical (unpaired) electrons. The number of halogens is 1. The fourth-order valence-corrected chi connectivity index (χ4v) is 2.57. The molecular formula is C17H25ClN4O. The molecule has 0 aromatic heterocycles. The molecule has 1 aromatic carbocycles. The Morgan fingerprint density at radius 2 is 1.91 bits per heavy atom. The lowest BCUT2D eigenvalue weighted by Gasteiger charge is -2.36. The van der Waals surface area contributed by atoms with E-state index in [0.29, 0.717) is 25.7 Å². The molecule has 1 saturated heterocycles. The molecule has 0 unspecified atom stereocenters. The first-order valence-electron chi connectivity index (χ1n) is 7.94. The van der Waals surface area contributed by atoms with Gasteiger partial charge in [0, 0.05) is 36.9 Å². The topological polar surface area (TPSA) is 54.1 Å². The summed E-state index contributed by atoms with van der Waals surface area (Å²) in [6.07, 6.45) is 2.71. The van der Waals surface area contributed by atoms with Gasteiger partial charge in [0.1, 0.15) is 0 Å². The number of hydrogen-bond acceptors (Lipinski definition) is 3. The maximum atomic E-state index is 6.06. The molecule has 1 aliphatic heterocycles. The van der Waals surface area contributed by atoms with Crippen molar-refractivity contribution in [3.05, 3.63) is 41.9 Å². The Balaban J connectivity index is 1.72. The monoisotopic (exact) mass is 336 g/mol. The molecular weight excluding hydrogens is 312 g/mol. The summed E-state index contributed by atoms with van der Waals surface area (Å²) in [7, 11) is 0. The quantitative estimate of drug-likeness (QED) is 0.359. The van der Waals surface area contributed by atoms with Crippen LogP contribution in [0.5, 0.6) is 0 Å². The van der Waals surface area contributed by atoms with E-state index < -0.39 is 0 Å². The Morgan fingerprint density at radius 1 is 1.22 bits per heavy atom. The van der Waals surface area contributed by atoms with Crippen LogP contribution >= 0.6 is 11.6 Å². The smallest absolute Gasteiger partial charge is 0.191 e. The summed E-state index contributed by atoms with van der Waals surface area (Å²) in [6.45, 7) is 9.13. The maximum Gasteiger partial charge on any atom is 0.191 e. The van der Waals surface area contributed by atoms with Gasteiger partial charge in [-0.3, -0.25) is 4.99 Å². The SMILES string of the molecule is C=CCCOCCN=C(N)N1CCN(c2ccc(Cl)cc2)CC1. The molecule has 6 heteroatoms. The van der Waals surface area contributed by atoms with E-state index >= 15 is 0 Å². The second-order valence-electron chi connectivity index (χ2n) is 5.38. The number of nitrogens with zero attached hydrogens (tertiary/aromatic N) is 3. The van der Waals surface area contributed by atoms with E-state index in [-0.39, 0.29) is 0 Å². The summed E-state index contributed by atoms with van der Waals surface area (Å²) in [5.41, 5.74) is 7.26. The first kappa shape index (κ1) is 17.6. The summed E-state index contributed by atoms with van der Waals surface area (Å²) >= 11 is 5.93. The Kier molecular flexibility index (Phi) is 7.23. The third-order valence-corrected chi connectivity index (χ3v) is 4.02. The second kappa shape index (κ2) is 9.43. The number of aliphatic imine (C=N–C) groups is 1. The zero-order valence-corrected chi connectivity index (χ0v) is 14.2. The highest BCUT2D eigenvalue weighted by atomic mass is 35.5.